The lowest BCUT2D eigenvalue weighted by molar-refractivity contribution is -0.135. The van der Waals surface area contributed by atoms with E-state index in [2.05, 4.69) is 11.9 Å². The number of hydrogen-bond donors (Lipinski definition) is 1. The number of amides is 2. The summed E-state index contributed by atoms with van der Waals surface area (Å²) in [6.07, 6.45) is 1.71. The molecule has 4 nitrogen and oxygen atoms in total. The highest BCUT2D eigenvalue weighted by Crippen LogP contribution is 2.25. The van der Waals surface area contributed by atoms with Gasteiger partial charge in [0.15, 0.2) is 0 Å². The van der Waals surface area contributed by atoms with Crippen LogP contribution >= 0.6 is 11.6 Å². The number of halogens is 1. The molecular formula is C21H21ClN2O2. The van der Waals surface area contributed by atoms with Crippen molar-refractivity contribution in [1.82, 2.24) is 10.2 Å². The Labute approximate surface area is 158 Å². The highest BCUT2D eigenvalue weighted by molar-refractivity contribution is 6.30. The quantitative estimate of drug-likeness (QED) is 0.792. The number of nitrogens with one attached hydrogen (secondary N) is 1. The van der Waals surface area contributed by atoms with E-state index in [1.165, 1.54) is 6.08 Å². The molecule has 2 aromatic carbocycles. The minimum atomic E-state index is -0.230. The van der Waals surface area contributed by atoms with Crippen LogP contribution in [0.4, 0.5) is 0 Å². The SMILES string of the molecule is C=CC(=O)N1CC(CC(=O)NC(c2ccccc2)c2ccc(Cl)cc2)C1. The first kappa shape index (κ1) is 18.2. The molecule has 0 spiro atoms. The molecule has 0 aliphatic carbocycles. The van der Waals surface area contributed by atoms with Crippen molar-refractivity contribution >= 4 is 23.4 Å². The first-order valence-corrected chi connectivity index (χ1v) is 8.95. The van der Waals surface area contributed by atoms with Gasteiger partial charge in [-0.25, -0.2) is 0 Å². The second-order valence-corrected chi connectivity index (χ2v) is 6.92. The molecule has 1 N–H and O–H groups in total. The second kappa shape index (κ2) is 8.19. The van der Waals surface area contributed by atoms with Gasteiger partial charge < -0.3 is 10.2 Å². The van der Waals surface area contributed by atoms with Crippen molar-refractivity contribution in [2.45, 2.75) is 12.5 Å². The van der Waals surface area contributed by atoms with Gasteiger partial charge in [-0.1, -0.05) is 60.6 Å². The van der Waals surface area contributed by atoms with Crippen LogP contribution in [0.1, 0.15) is 23.6 Å². The van der Waals surface area contributed by atoms with Crippen LogP contribution in [0.25, 0.3) is 0 Å². The average molecular weight is 369 g/mol. The zero-order valence-electron chi connectivity index (χ0n) is 14.4. The van der Waals surface area contributed by atoms with Gasteiger partial charge in [-0.2, -0.15) is 0 Å². The van der Waals surface area contributed by atoms with Crippen LogP contribution in [0.3, 0.4) is 0 Å². The molecule has 1 saturated heterocycles. The molecule has 1 aliphatic rings. The van der Waals surface area contributed by atoms with Gasteiger partial charge in [0, 0.05) is 30.5 Å². The van der Waals surface area contributed by atoms with Crippen molar-refractivity contribution in [3.8, 4) is 0 Å². The number of benzene rings is 2. The average Bonchev–Trinajstić information content (AvgIpc) is 2.63. The topological polar surface area (TPSA) is 49.4 Å². The highest BCUT2D eigenvalue weighted by atomic mass is 35.5. The van der Waals surface area contributed by atoms with Crippen molar-refractivity contribution in [3.05, 3.63) is 83.4 Å². The molecule has 0 radical (unpaired) electrons. The van der Waals surface area contributed by atoms with E-state index < -0.39 is 0 Å². The van der Waals surface area contributed by atoms with Crippen molar-refractivity contribution < 1.29 is 9.59 Å². The molecule has 1 unspecified atom stereocenters. The summed E-state index contributed by atoms with van der Waals surface area (Å²) in [6, 6.07) is 17.1. The summed E-state index contributed by atoms with van der Waals surface area (Å²) >= 11 is 5.99. The molecule has 0 aromatic heterocycles. The van der Waals surface area contributed by atoms with E-state index in [1.54, 1.807) is 4.90 Å². The van der Waals surface area contributed by atoms with Gasteiger partial charge >= 0.3 is 0 Å². The summed E-state index contributed by atoms with van der Waals surface area (Å²) < 4.78 is 0. The normalized spacial score (nSPS) is 15.0. The zero-order valence-corrected chi connectivity index (χ0v) is 15.2. The molecule has 2 amide bonds. The van der Waals surface area contributed by atoms with Crippen LogP contribution in [0.5, 0.6) is 0 Å². The van der Waals surface area contributed by atoms with Crippen molar-refractivity contribution in [1.29, 1.82) is 0 Å². The van der Waals surface area contributed by atoms with Crippen LogP contribution in [0.15, 0.2) is 67.3 Å². The van der Waals surface area contributed by atoms with E-state index in [0.29, 0.717) is 24.5 Å². The van der Waals surface area contributed by atoms with Crippen molar-refractivity contribution in [2.24, 2.45) is 5.92 Å². The number of nitrogens with zero attached hydrogens (tertiary/aromatic N) is 1. The summed E-state index contributed by atoms with van der Waals surface area (Å²) in [7, 11) is 0. The van der Waals surface area contributed by atoms with Crippen molar-refractivity contribution in [2.75, 3.05) is 13.1 Å². The first-order chi connectivity index (χ1) is 12.6. The van der Waals surface area contributed by atoms with Crippen LogP contribution in [-0.2, 0) is 9.59 Å². The van der Waals surface area contributed by atoms with Crippen LogP contribution in [0.2, 0.25) is 5.02 Å². The Kier molecular flexibility index (Phi) is 5.74. The lowest BCUT2D eigenvalue weighted by atomic mass is 9.94. The molecule has 1 atom stereocenters. The fourth-order valence-electron chi connectivity index (χ4n) is 3.15. The van der Waals surface area contributed by atoms with Gasteiger partial charge in [-0.3, -0.25) is 9.59 Å². The summed E-state index contributed by atoms with van der Waals surface area (Å²) in [4.78, 5) is 25.7. The Morgan fingerprint density at radius 2 is 1.73 bits per heavy atom. The van der Waals surface area contributed by atoms with Crippen LogP contribution < -0.4 is 5.32 Å². The molecule has 1 fully saturated rings. The molecule has 1 aliphatic heterocycles. The largest absolute Gasteiger partial charge is 0.345 e. The summed E-state index contributed by atoms with van der Waals surface area (Å²) in [5, 5.41) is 3.78. The monoisotopic (exact) mass is 368 g/mol. The van der Waals surface area contributed by atoms with Gasteiger partial charge in [0.1, 0.15) is 0 Å². The molecule has 2 aromatic rings. The fraction of sp³-hybridized carbons (Fsp3) is 0.238. The third-order valence-corrected chi connectivity index (χ3v) is 4.81. The molecule has 1 heterocycles. The maximum Gasteiger partial charge on any atom is 0.245 e. The molecule has 0 saturated carbocycles. The maximum atomic E-state index is 12.6. The number of hydrogen-bond acceptors (Lipinski definition) is 2. The predicted octanol–water partition coefficient (Wildman–Crippen LogP) is 3.58. The number of carbonyl (C=O) groups excluding carboxylic acids is 2. The fourth-order valence-corrected chi connectivity index (χ4v) is 3.28. The van der Waals surface area contributed by atoms with E-state index in [-0.39, 0.29) is 23.8 Å². The van der Waals surface area contributed by atoms with E-state index in [4.69, 9.17) is 11.6 Å². The minimum absolute atomic E-state index is 0.0236. The van der Waals surface area contributed by atoms with E-state index in [1.807, 2.05) is 54.6 Å². The number of carbonyl (C=O) groups is 2. The Balaban J connectivity index is 1.66. The second-order valence-electron chi connectivity index (χ2n) is 6.48. The Morgan fingerprint density at radius 1 is 1.12 bits per heavy atom. The standard InChI is InChI=1S/C21H21ClN2O2/c1-2-20(26)24-13-15(14-24)12-19(25)23-21(16-6-4-3-5-7-16)17-8-10-18(22)11-9-17/h2-11,15,21H,1,12-14H2,(H,23,25). The van der Waals surface area contributed by atoms with Gasteiger partial charge in [0.25, 0.3) is 0 Å². The van der Waals surface area contributed by atoms with Crippen LogP contribution in [-0.4, -0.2) is 29.8 Å². The zero-order chi connectivity index (χ0) is 18.5. The lowest BCUT2D eigenvalue weighted by Crippen LogP contribution is -2.50. The third-order valence-electron chi connectivity index (χ3n) is 4.56. The lowest BCUT2D eigenvalue weighted by Gasteiger charge is -2.38. The van der Waals surface area contributed by atoms with E-state index in [9.17, 15) is 9.59 Å². The molecule has 3 rings (SSSR count). The molecule has 0 bridgehead atoms. The number of likely N-dealkylation sites (tertiary alicyclic amines) is 1. The molecule has 26 heavy (non-hydrogen) atoms. The summed E-state index contributed by atoms with van der Waals surface area (Å²) in [5.74, 6) is 0.0926. The Bertz CT molecular complexity index is 783. The van der Waals surface area contributed by atoms with Gasteiger partial charge in [-0.05, 0) is 29.3 Å². The van der Waals surface area contributed by atoms with Gasteiger partial charge in [-0.15, -0.1) is 0 Å². The Hall–Kier alpha value is -2.59. The molecular weight excluding hydrogens is 348 g/mol. The Morgan fingerprint density at radius 3 is 2.35 bits per heavy atom. The molecule has 5 heteroatoms. The van der Waals surface area contributed by atoms with Gasteiger partial charge in [0.2, 0.25) is 11.8 Å². The van der Waals surface area contributed by atoms with E-state index in [0.717, 1.165) is 11.1 Å². The minimum Gasteiger partial charge on any atom is -0.345 e. The third kappa shape index (κ3) is 4.33. The van der Waals surface area contributed by atoms with Crippen LogP contribution in [0, 0.1) is 5.92 Å². The maximum absolute atomic E-state index is 12.6. The highest BCUT2D eigenvalue weighted by Gasteiger charge is 2.31. The predicted molar refractivity (Wildman–Crippen MR) is 103 cm³/mol. The van der Waals surface area contributed by atoms with Crippen molar-refractivity contribution in [3.63, 3.8) is 0 Å². The summed E-state index contributed by atoms with van der Waals surface area (Å²) in [6.45, 7) is 4.70. The first-order valence-electron chi connectivity index (χ1n) is 8.58. The number of rotatable bonds is 6. The van der Waals surface area contributed by atoms with E-state index >= 15 is 0 Å². The van der Waals surface area contributed by atoms with Gasteiger partial charge in [0.05, 0.1) is 6.04 Å². The molecule has 134 valence electrons. The summed E-state index contributed by atoms with van der Waals surface area (Å²) in [5.41, 5.74) is 1.99. The smallest absolute Gasteiger partial charge is 0.245 e.